The Kier molecular flexibility index (Phi) is 5.64. The number of nitrogens with two attached hydrogens (primary N) is 1. The second kappa shape index (κ2) is 7.57. The summed E-state index contributed by atoms with van der Waals surface area (Å²) in [6.45, 7) is 0. The van der Waals surface area contributed by atoms with Crippen molar-refractivity contribution in [2.45, 2.75) is 17.0 Å². The molecule has 2 rings (SSSR count). The number of rotatable bonds is 6. The van der Waals surface area contributed by atoms with E-state index >= 15 is 0 Å². The van der Waals surface area contributed by atoms with Gasteiger partial charge in [-0.05, 0) is 35.9 Å². The van der Waals surface area contributed by atoms with E-state index in [1.54, 1.807) is 0 Å². The normalized spacial score (nSPS) is 11.7. The molecule has 0 saturated carbocycles. The number of nitrogens with zero attached hydrogens (tertiary/aromatic N) is 1. The van der Waals surface area contributed by atoms with Crippen molar-refractivity contribution < 1.29 is 36.2 Å². The molecular formula is C14H13F3N4O5S. The Bertz CT molecular complexity index is 933. The number of halogens is 3. The van der Waals surface area contributed by atoms with Gasteiger partial charge in [0.1, 0.15) is 5.75 Å². The fraction of sp³-hybridized carbons (Fsp3) is 0.143. The molecule has 1 amide bonds. The standard InChI is InChI=1S/C14H13F3N4O5S/c15-14(16,17)26-9-1-3-10(4-2-9)27(24,25)7-8-5-11(18)12(19-6-8)20-21-13(22)23/h1-6,21H,7,18H2,(H,19,20)(H,22,23). The topological polar surface area (TPSA) is 144 Å². The monoisotopic (exact) mass is 406 g/mol. The van der Waals surface area contributed by atoms with Crippen LogP contribution in [0.3, 0.4) is 0 Å². The van der Waals surface area contributed by atoms with Crippen LogP contribution in [-0.2, 0) is 15.6 Å². The average Bonchev–Trinajstić information content (AvgIpc) is 2.52. The molecule has 0 spiro atoms. The lowest BCUT2D eigenvalue weighted by Crippen LogP contribution is -2.28. The number of benzene rings is 1. The van der Waals surface area contributed by atoms with Crippen molar-refractivity contribution in [2.24, 2.45) is 0 Å². The minimum Gasteiger partial charge on any atom is -0.464 e. The first-order valence-electron chi connectivity index (χ1n) is 7.04. The number of carbonyl (C=O) groups is 1. The third kappa shape index (κ3) is 5.91. The van der Waals surface area contributed by atoms with E-state index in [9.17, 15) is 26.4 Å². The Morgan fingerprint density at radius 1 is 1.26 bits per heavy atom. The number of sulfone groups is 1. The highest BCUT2D eigenvalue weighted by Crippen LogP contribution is 2.25. The maximum Gasteiger partial charge on any atom is 0.573 e. The molecular weight excluding hydrogens is 393 g/mol. The molecule has 13 heteroatoms. The van der Waals surface area contributed by atoms with Gasteiger partial charge in [0.25, 0.3) is 0 Å². The van der Waals surface area contributed by atoms with Gasteiger partial charge in [0, 0.05) is 6.20 Å². The van der Waals surface area contributed by atoms with Crippen LogP contribution in [0.5, 0.6) is 5.75 Å². The molecule has 0 fully saturated rings. The van der Waals surface area contributed by atoms with Gasteiger partial charge >= 0.3 is 12.5 Å². The lowest BCUT2D eigenvalue weighted by molar-refractivity contribution is -0.274. The fourth-order valence-corrected chi connectivity index (χ4v) is 3.29. The highest BCUT2D eigenvalue weighted by molar-refractivity contribution is 7.90. The molecule has 0 radical (unpaired) electrons. The highest BCUT2D eigenvalue weighted by Gasteiger charge is 2.31. The Balaban J connectivity index is 2.13. The van der Waals surface area contributed by atoms with Crippen LogP contribution in [0.1, 0.15) is 5.56 Å². The van der Waals surface area contributed by atoms with Gasteiger partial charge in [-0.15, -0.1) is 13.2 Å². The summed E-state index contributed by atoms with van der Waals surface area (Å²) in [6, 6.07) is 5.02. The quantitative estimate of drug-likeness (QED) is 0.534. The summed E-state index contributed by atoms with van der Waals surface area (Å²) in [5.41, 5.74) is 9.91. The lowest BCUT2D eigenvalue weighted by Gasteiger charge is -2.11. The average molecular weight is 406 g/mol. The van der Waals surface area contributed by atoms with Crippen molar-refractivity contribution >= 4 is 27.4 Å². The number of nitrogens with one attached hydrogen (secondary N) is 2. The number of amides is 1. The van der Waals surface area contributed by atoms with E-state index in [1.165, 1.54) is 12.3 Å². The summed E-state index contributed by atoms with van der Waals surface area (Å²) < 4.78 is 64.8. The van der Waals surface area contributed by atoms with Gasteiger partial charge in [-0.1, -0.05) is 0 Å². The van der Waals surface area contributed by atoms with Crippen molar-refractivity contribution in [1.82, 2.24) is 10.4 Å². The van der Waals surface area contributed by atoms with E-state index in [0.717, 1.165) is 24.3 Å². The Morgan fingerprint density at radius 2 is 1.89 bits per heavy atom. The summed E-state index contributed by atoms with van der Waals surface area (Å²) >= 11 is 0. The van der Waals surface area contributed by atoms with Gasteiger partial charge in [0.05, 0.1) is 16.3 Å². The van der Waals surface area contributed by atoms with Crippen molar-refractivity contribution in [2.75, 3.05) is 11.2 Å². The molecule has 0 unspecified atom stereocenters. The van der Waals surface area contributed by atoms with Gasteiger partial charge in [0.2, 0.25) is 0 Å². The Labute approximate surface area is 150 Å². The molecule has 0 bridgehead atoms. The molecule has 1 aromatic carbocycles. The number of hydrogen-bond donors (Lipinski definition) is 4. The number of aromatic nitrogens is 1. The number of ether oxygens (including phenoxy) is 1. The van der Waals surface area contributed by atoms with E-state index in [0.29, 0.717) is 0 Å². The summed E-state index contributed by atoms with van der Waals surface area (Å²) in [5, 5.41) is 8.49. The van der Waals surface area contributed by atoms with Crippen LogP contribution in [-0.4, -0.2) is 31.0 Å². The fourth-order valence-electron chi connectivity index (χ4n) is 1.97. The summed E-state index contributed by atoms with van der Waals surface area (Å²) in [5.74, 6) is -1.09. The van der Waals surface area contributed by atoms with Gasteiger partial charge < -0.3 is 15.6 Å². The molecule has 146 valence electrons. The molecule has 0 aliphatic rings. The molecule has 9 nitrogen and oxygen atoms in total. The number of anilines is 2. The predicted octanol–water partition coefficient (Wildman–Crippen LogP) is 2.13. The number of hydrogen-bond acceptors (Lipinski definition) is 7. The first-order valence-corrected chi connectivity index (χ1v) is 8.69. The van der Waals surface area contributed by atoms with Crippen molar-refractivity contribution in [1.29, 1.82) is 0 Å². The second-order valence-electron chi connectivity index (χ2n) is 5.11. The summed E-state index contributed by atoms with van der Waals surface area (Å²) in [6.07, 6.45) is -5.09. The number of nitrogen functional groups attached to an aromatic ring is 1. The van der Waals surface area contributed by atoms with E-state index in [4.69, 9.17) is 10.8 Å². The van der Waals surface area contributed by atoms with Crippen LogP contribution < -0.4 is 21.3 Å². The molecule has 1 aromatic heterocycles. The predicted molar refractivity (Wildman–Crippen MR) is 87.4 cm³/mol. The zero-order valence-electron chi connectivity index (χ0n) is 13.3. The zero-order valence-corrected chi connectivity index (χ0v) is 14.1. The summed E-state index contributed by atoms with van der Waals surface area (Å²) in [4.78, 5) is 14.0. The maximum absolute atomic E-state index is 12.4. The Hall–Kier alpha value is -3.22. The van der Waals surface area contributed by atoms with Crippen LogP contribution in [0.15, 0.2) is 41.4 Å². The molecule has 0 aliphatic carbocycles. The van der Waals surface area contributed by atoms with E-state index in [-0.39, 0.29) is 22.0 Å². The van der Waals surface area contributed by atoms with E-state index in [1.807, 2.05) is 5.43 Å². The second-order valence-corrected chi connectivity index (χ2v) is 7.10. The first kappa shape index (κ1) is 20.1. The number of carboxylic acid groups (broad SMARTS) is 1. The molecule has 27 heavy (non-hydrogen) atoms. The van der Waals surface area contributed by atoms with Crippen LogP contribution in [0, 0.1) is 0 Å². The van der Waals surface area contributed by atoms with Gasteiger partial charge in [-0.3, -0.25) is 5.43 Å². The Morgan fingerprint density at radius 3 is 2.41 bits per heavy atom. The first-order chi connectivity index (χ1) is 12.5. The van der Waals surface area contributed by atoms with Gasteiger partial charge in [0.15, 0.2) is 15.7 Å². The summed E-state index contributed by atoms with van der Waals surface area (Å²) in [7, 11) is -3.89. The van der Waals surface area contributed by atoms with E-state index < -0.39 is 33.8 Å². The molecule has 0 saturated heterocycles. The molecule has 0 atom stereocenters. The maximum atomic E-state index is 12.4. The van der Waals surface area contributed by atoms with Crippen LogP contribution in [0.4, 0.5) is 29.5 Å². The zero-order chi connectivity index (χ0) is 20.2. The van der Waals surface area contributed by atoms with Gasteiger partial charge in [-0.25, -0.2) is 23.6 Å². The van der Waals surface area contributed by atoms with Crippen molar-refractivity contribution in [3.05, 3.63) is 42.1 Å². The molecule has 5 N–H and O–H groups in total. The smallest absolute Gasteiger partial charge is 0.464 e. The van der Waals surface area contributed by atoms with Crippen LogP contribution in [0.25, 0.3) is 0 Å². The van der Waals surface area contributed by atoms with Gasteiger partial charge in [-0.2, -0.15) is 0 Å². The molecule has 1 heterocycles. The number of pyridine rings is 1. The highest BCUT2D eigenvalue weighted by atomic mass is 32.2. The van der Waals surface area contributed by atoms with Crippen LogP contribution in [0.2, 0.25) is 0 Å². The number of alkyl halides is 3. The third-order valence-electron chi connectivity index (χ3n) is 3.03. The van der Waals surface area contributed by atoms with E-state index in [2.05, 4.69) is 15.1 Å². The molecule has 2 aromatic rings. The largest absolute Gasteiger partial charge is 0.573 e. The lowest BCUT2D eigenvalue weighted by atomic mass is 10.3. The minimum atomic E-state index is -4.88. The van der Waals surface area contributed by atoms with Crippen LogP contribution >= 0.6 is 0 Å². The SMILES string of the molecule is Nc1cc(CS(=O)(=O)c2ccc(OC(F)(F)F)cc2)cnc1NNC(=O)O. The molecule has 0 aliphatic heterocycles. The van der Waals surface area contributed by atoms with Crippen molar-refractivity contribution in [3.8, 4) is 5.75 Å². The minimum absolute atomic E-state index is 0.00891. The van der Waals surface area contributed by atoms with Crippen molar-refractivity contribution in [3.63, 3.8) is 0 Å². The third-order valence-corrected chi connectivity index (χ3v) is 4.74. The number of hydrazine groups is 1.